The van der Waals surface area contributed by atoms with Crippen LogP contribution in [0.3, 0.4) is 0 Å². The molecule has 0 bridgehead atoms. The molecule has 6 nitrogen and oxygen atoms in total. The van der Waals surface area contributed by atoms with Gasteiger partial charge in [0.2, 0.25) is 0 Å². The minimum atomic E-state index is -0.680. The third-order valence-electron chi connectivity index (χ3n) is 3.45. The molecule has 0 aliphatic heterocycles. The monoisotopic (exact) mass is 323 g/mol. The van der Waals surface area contributed by atoms with E-state index in [1.54, 1.807) is 48.5 Å². The molecule has 0 fully saturated rings. The number of carbonyl (C=O) groups is 1. The normalized spacial score (nSPS) is 11.0. The Bertz CT molecular complexity index is 986. The van der Waals surface area contributed by atoms with E-state index < -0.39 is 11.6 Å². The molecule has 0 saturated heterocycles. The summed E-state index contributed by atoms with van der Waals surface area (Å²) in [5, 5.41) is 10.7. The number of aromatic hydroxyl groups is 1. The van der Waals surface area contributed by atoms with Gasteiger partial charge in [-0.2, -0.15) is 0 Å². The average Bonchev–Trinajstić information content (AvgIpc) is 2.61. The number of benzene rings is 2. The van der Waals surface area contributed by atoms with E-state index in [-0.39, 0.29) is 11.3 Å². The first-order chi connectivity index (χ1) is 11.6. The van der Waals surface area contributed by atoms with Gasteiger partial charge in [0.1, 0.15) is 16.9 Å². The maximum absolute atomic E-state index is 12.0. The summed E-state index contributed by atoms with van der Waals surface area (Å²) in [7, 11) is 1.30. The zero-order valence-corrected chi connectivity index (χ0v) is 12.7. The third kappa shape index (κ3) is 2.89. The first kappa shape index (κ1) is 15.5. The topological polar surface area (TPSA) is 89.1 Å². The second-order valence-corrected chi connectivity index (χ2v) is 4.94. The summed E-state index contributed by atoms with van der Waals surface area (Å²) in [5.74, 6) is -0.630. The highest BCUT2D eigenvalue weighted by atomic mass is 16.5. The molecule has 0 radical (unpaired) electrons. The van der Waals surface area contributed by atoms with Gasteiger partial charge in [-0.15, -0.1) is 0 Å². The molecule has 1 aromatic heterocycles. The van der Waals surface area contributed by atoms with Crippen molar-refractivity contribution in [3.63, 3.8) is 0 Å². The Hall–Kier alpha value is -3.41. The number of methoxy groups -OCH3 is 1. The fourth-order valence-corrected chi connectivity index (χ4v) is 2.20. The predicted molar refractivity (Wildman–Crippen MR) is 89.2 cm³/mol. The maximum Gasteiger partial charge on any atom is 0.348 e. The van der Waals surface area contributed by atoms with Crippen LogP contribution in [0.25, 0.3) is 11.0 Å². The van der Waals surface area contributed by atoms with Crippen LogP contribution in [-0.2, 0) is 4.74 Å². The van der Waals surface area contributed by atoms with Gasteiger partial charge in [-0.1, -0.05) is 12.1 Å². The predicted octanol–water partition coefficient (Wildman–Crippen LogP) is 3.04. The van der Waals surface area contributed by atoms with Crippen molar-refractivity contribution in [1.29, 1.82) is 0 Å². The van der Waals surface area contributed by atoms with Gasteiger partial charge in [0, 0.05) is 6.21 Å². The molecule has 0 saturated carbocycles. The molecule has 6 heteroatoms. The molecule has 3 rings (SSSR count). The quantitative estimate of drug-likeness (QED) is 0.454. The van der Waals surface area contributed by atoms with Gasteiger partial charge in [-0.3, -0.25) is 4.99 Å². The maximum atomic E-state index is 12.0. The fraction of sp³-hybridized carbons (Fsp3) is 0.0556. The van der Waals surface area contributed by atoms with E-state index in [4.69, 9.17) is 4.42 Å². The van der Waals surface area contributed by atoms with Crippen LogP contribution < -0.4 is 5.63 Å². The average molecular weight is 323 g/mol. The largest absolute Gasteiger partial charge is 0.506 e. The molecular weight excluding hydrogens is 310 g/mol. The Morgan fingerprint density at radius 2 is 1.88 bits per heavy atom. The zero-order valence-electron chi connectivity index (χ0n) is 12.7. The van der Waals surface area contributed by atoms with E-state index in [2.05, 4.69) is 9.73 Å². The number of rotatable bonds is 3. The molecule has 1 heterocycles. The Labute approximate surface area is 136 Å². The molecule has 1 N–H and O–H groups in total. The van der Waals surface area contributed by atoms with Crippen LogP contribution in [0.15, 0.2) is 62.7 Å². The van der Waals surface area contributed by atoms with Crippen molar-refractivity contribution >= 4 is 28.8 Å². The summed E-state index contributed by atoms with van der Waals surface area (Å²) in [4.78, 5) is 27.5. The molecule has 0 unspecified atom stereocenters. The van der Waals surface area contributed by atoms with Crippen molar-refractivity contribution in [2.45, 2.75) is 0 Å². The van der Waals surface area contributed by atoms with Crippen molar-refractivity contribution in [3.8, 4) is 5.75 Å². The van der Waals surface area contributed by atoms with Gasteiger partial charge in [-0.05, 0) is 36.4 Å². The van der Waals surface area contributed by atoms with Crippen molar-refractivity contribution in [2.75, 3.05) is 7.11 Å². The third-order valence-corrected chi connectivity index (χ3v) is 3.45. The highest BCUT2D eigenvalue weighted by Crippen LogP contribution is 2.25. The SMILES string of the molecule is COC(=O)c1ccc(N=Cc2c(O)c3ccccc3oc2=O)cc1. The molecule has 0 amide bonds. The van der Waals surface area contributed by atoms with Gasteiger partial charge >= 0.3 is 11.6 Å². The number of aliphatic imine (C=N–C) groups is 1. The second kappa shape index (κ2) is 6.37. The van der Waals surface area contributed by atoms with Crippen LogP contribution in [0.5, 0.6) is 5.75 Å². The Morgan fingerprint density at radius 3 is 2.58 bits per heavy atom. The molecule has 24 heavy (non-hydrogen) atoms. The van der Waals surface area contributed by atoms with Crippen LogP contribution in [0.1, 0.15) is 15.9 Å². The minimum absolute atomic E-state index is 0.0363. The van der Waals surface area contributed by atoms with Crippen LogP contribution in [0.2, 0.25) is 0 Å². The highest BCUT2D eigenvalue weighted by molar-refractivity contribution is 5.94. The number of nitrogens with zero attached hydrogens (tertiary/aromatic N) is 1. The second-order valence-electron chi connectivity index (χ2n) is 4.94. The smallest absolute Gasteiger partial charge is 0.348 e. The lowest BCUT2D eigenvalue weighted by molar-refractivity contribution is 0.0601. The lowest BCUT2D eigenvalue weighted by Crippen LogP contribution is -2.06. The molecule has 2 aromatic carbocycles. The molecule has 120 valence electrons. The molecule has 0 atom stereocenters. The van der Waals surface area contributed by atoms with Crippen molar-refractivity contribution in [1.82, 2.24) is 0 Å². The number of fused-ring (bicyclic) bond motifs is 1. The van der Waals surface area contributed by atoms with Gasteiger partial charge < -0.3 is 14.3 Å². The van der Waals surface area contributed by atoms with Crippen molar-refractivity contribution < 1.29 is 19.1 Å². The number of carbonyl (C=O) groups excluding carboxylic acids is 1. The number of hydrogen-bond acceptors (Lipinski definition) is 6. The van der Waals surface area contributed by atoms with E-state index in [9.17, 15) is 14.7 Å². The lowest BCUT2D eigenvalue weighted by atomic mass is 10.1. The standard InChI is InChI=1S/C18H13NO5/c1-23-17(21)11-6-8-12(9-7-11)19-10-14-16(20)13-4-2-3-5-15(13)24-18(14)22/h2-10,20H,1H3. The summed E-state index contributed by atoms with van der Waals surface area (Å²) in [6, 6.07) is 13.0. The van der Waals surface area contributed by atoms with E-state index in [1.165, 1.54) is 13.3 Å². The lowest BCUT2D eigenvalue weighted by Gasteiger charge is -2.02. The van der Waals surface area contributed by atoms with E-state index >= 15 is 0 Å². The number of ether oxygens (including phenoxy) is 1. The molecular formula is C18H13NO5. The molecule has 0 spiro atoms. The number of para-hydroxylation sites is 1. The summed E-state index contributed by atoms with van der Waals surface area (Å²) in [6.07, 6.45) is 1.24. The van der Waals surface area contributed by atoms with Crippen molar-refractivity contribution in [3.05, 3.63) is 70.1 Å². The Balaban J connectivity index is 1.96. The summed E-state index contributed by atoms with van der Waals surface area (Å²) in [5.41, 5.74) is 0.491. The first-order valence-electron chi connectivity index (χ1n) is 7.07. The van der Waals surface area contributed by atoms with Crippen LogP contribution in [0, 0.1) is 0 Å². The number of hydrogen-bond donors (Lipinski definition) is 1. The fourth-order valence-electron chi connectivity index (χ4n) is 2.20. The molecule has 0 aliphatic carbocycles. The van der Waals surface area contributed by atoms with Crippen molar-refractivity contribution in [2.24, 2.45) is 4.99 Å². The highest BCUT2D eigenvalue weighted by Gasteiger charge is 2.11. The van der Waals surface area contributed by atoms with E-state index in [1.807, 2.05) is 0 Å². The van der Waals surface area contributed by atoms with Gasteiger partial charge in [0.25, 0.3) is 0 Å². The Kier molecular flexibility index (Phi) is 4.11. The van der Waals surface area contributed by atoms with E-state index in [0.717, 1.165) is 0 Å². The summed E-state index contributed by atoms with van der Waals surface area (Å²) in [6.45, 7) is 0. The number of esters is 1. The molecule has 3 aromatic rings. The first-order valence-corrected chi connectivity index (χ1v) is 7.07. The Morgan fingerprint density at radius 1 is 1.17 bits per heavy atom. The zero-order chi connectivity index (χ0) is 17.1. The summed E-state index contributed by atoms with van der Waals surface area (Å²) < 4.78 is 9.77. The van der Waals surface area contributed by atoms with Gasteiger partial charge in [0.05, 0.1) is 23.7 Å². The van der Waals surface area contributed by atoms with Gasteiger partial charge in [0.15, 0.2) is 0 Å². The molecule has 0 aliphatic rings. The minimum Gasteiger partial charge on any atom is -0.506 e. The summed E-state index contributed by atoms with van der Waals surface area (Å²) >= 11 is 0. The van der Waals surface area contributed by atoms with Crippen LogP contribution in [0.4, 0.5) is 5.69 Å². The van der Waals surface area contributed by atoms with Crippen LogP contribution >= 0.6 is 0 Å². The van der Waals surface area contributed by atoms with Gasteiger partial charge in [-0.25, -0.2) is 9.59 Å². The van der Waals surface area contributed by atoms with Crippen LogP contribution in [-0.4, -0.2) is 24.4 Å². The van der Waals surface area contributed by atoms with E-state index in [0.29, 0.717) is 22.2 Å².